The number of sulfonamides is 1. The van der Waals surface area contributed by atoms with Crippen molar-refractivity contribution in [3.63, 3.8) is 0 Å². The maximum absolute atomic E-state index is 12.5. The molecular weight excluding hydrogens is 307 g/mol. The third kappa shape index (κ3) is 3.56. The van der Waals surface area contributed by atoms with Crippen LogP contribution in [0.5, 0.6) is 0 Å². The molecule has 118 valence electrons. The number of morpholine rings is 1. The minimum atomic E-state index is -4.48. The van der Waals surface area contributed by atoms with E-state index in [-0.39, 0.29) is 30.2 Å². The molecule has 4 nitrogen and oxygen atoms in total. The summed E-state index contributed by atoms with van der Waals surface area (Å²) in [4.78, 5) is -0.142. The van der Waals surface area contributed by atoms with Crippen LogP contribution in [0.1, 0.15) is 19.4 Å². The first-order valence-electron chi connectivity index (χ1n) is 6.43. The van der Waals surface area contributed by atoms with Gasteiger partial charge in [-0.3, -0.25) is 0 Å². The molecule has 8 heteroatoms. The lowest BCUT2D eigenvalue weighted by Crippen LogP contribution is -2.48. The van der Waals surface area contributed by atoms with E-state index in [1.165, 1.54) is 4.31 Å². The molecule has 1 aliphatic rings. The van der Waals surface area contributed by atoms with Crippen LogP contribution in [0.15, 0.2) is 29.2 Å². The average Bonchev–Trinajstić information content (AvgIpc) is 2.36. The molecule has 0 radical (unpaired) electrons. The molecule has 0 unspecified atom stereocenters. The van der Waals surface area contributed by atoms with Crippen molar-refractivity contribution in [1.29, 1.82) is 0 Å². The van der Waals surface area contributed by atoms with E-state index in [9.17, 15) is 21.6 Å². The van der Waals surface area contributed by atoms with Crippen molar-refractivity contribution in [1.82, 2.24) is 4.31 Å². The second-order valence-corrected chi connectivity index (χ2v) is 7.04. The Labute approximate surface area is 121 Å². The summed E-state index contributed by atoms with van der Waals surface area (Å²) in [6.07, 6.45) is -4.99. The molecule has 1 aromatic carbocycles. The number of halogens is 3. The lowest BCUT2D eigenvalue weighted by molar-refractivity contribution is -0.137. The van der Waals surface area contributed by atoms with Crippen LogP contribution in [0.25, 0.3) is 0 Å². The third-order valence-electron chi connectivity index (χ3n) is 3.21. The molecule has 1 heterocycles. The Kier molecular flexibility index (Phi) is 4.32. The van der Waals surface area contributed by atoms with Crippen LogP contribution in [0.4, 0.5) is 13.2 Å². The van der Waals surface area contributed by atoms with Crippen LogP contribution in [-0.2, 0) is 20.9 Å². The summed E-state index contributed by atoms with van der Waals surface area (Å²) < 4.78 is 69.0. The van der Waals surface area contributed by atoms with E-state index in [1.807, 2.05) is 0 Å². The van der Waals surface area contributed by atoms with Crippen LogP contribution in [0, 0.1) is 0 Å². The first-order chi connectivity index (χ1) is 9.60. The number of benzene rings is 1. The fourth-order valence-electron chi connectivity index (χ4n) is 2.29. The van der Waals surface area contributed by atoms with E-state index in [1.54, 1.807) is 13.8 Å². The van der Waals surface area contributed by atoms with Crippen molar-refractivity contribution in [2.75, 3.05) is 13.1 Å². The van der Waals surface area contributed by atoms with E-state index in [0.29, 0.717) is 0 Å². The van der Waals surface area contributed by atoms with E-state index >= 15 is 0 Å². The molecule has 1 saturated heterocycles. The van der Waals surface area contributed by atoms with Crippen molar-refractivity contribution >= 4 is 10.0 Å². The van der Waals surface area contributed by atoms with Gasteiger partial charge in [0.25, 0.3) is 0 Å². The highest BCUT2D eigenvalue weighted by Gasteiger charge is 2.34. The van der Waals surface area contributed by atoms with Gasteiger partial charge in [0.2, 0.25) is 10.0 Å². The molecule has 0 bridgehead atoms. The average molecular weight is 323 g/mol. The zero-order chi connectivity index (χ0) is 15.8. The highest BCUT2D eigenvalue weighted by molar-refractivity contribution is 7.89. The van der Waals surface area contributed by atoms with Crippen molar-refractivity contribution in [2.24, 2.45) is 0 Å². The van der Waals surface area contributed by atoms with Crippen molar-refractivity contribution in [3.8, 4) is 0 Å². The Bertz CT molecular complexity index is 588. The highest BCUT2D eigenvalue weighted by Crippen LogP contribution is 2.30. The van der Waals surface area contributed by atoms with Gasteiger partial charge in [0, 0.05) is 13.1 Å². The van der Waals surface area contributed by atoms with E-state index < -0.39 is 21.8 Å². The number of alkyl halides is 3. The minimum absolute atomic E-state index is 0.142. The smallest absolute Gasteiger partial charge is 0.373 e. The van der Waals surface area contributed by atoms with Gasteiger partial charge in [0.1, 0.15) is 0 Å². The Balaban J connectivity index is 2.27. The molecule has 0 saturated carbocycles. The molecular formula is C13H16F3NO3S. The molecule has 2 atom stereocenters. The van der Waals surface area contributed by atoms with Crippen molar-refractivity contribution < 1.29 is 26.3 Å². The molecule has 1 fully saturated rings. The number of nitrogens with zero attached hydrogens (tertiary/aromatic N) is 1. The number of ether oxygens (including phenoxy) is 1. The van der Waals surface area contributed by atoms with Crippen molar-refractivity contribution in [2.45, 2.75) is 37.1 Å². The van der Waals surface area contributed by atoms with Gasteiger partial charge in [-0.15, -0.1) is 0 Å². The lowest BCUT2D eigenvalue weighted by atomic mass is 10.2. The monoisotopic (exact) mass is 323 g/mol. The SMILES string of the molecule is C[C@@H]1CN(S(=O)(=O)c2ccc(C(F)(F)F)cc2)C[C@H](C)O1. The molecule has 1 aromatic rings. The summed E-state index contributed by atoms with van der Waals surface area (Å²) >= 11 is 0. The fraction of sp³-hybridized carbons (Fsp3) is 0.538. The van der Waals surface area contributed by atoms with Gasteiger partial charge < -0.3 is 4.74 Å². The predicted octanol–water partition coefficient (Wildman–Crippen LogP) is 2.50. The molecule has 1 aliphatic heterocycles. The van der Waals surface area contributed by atoms with Crippen LogP contribution >= 0.6 is 0 Å². The molecule has 0 aliphatic carbocycles. The maximum atomic E-state index is 12.5. The lowest BCUT2D eigenvalue weighted by Gasteiger charge is -2.34. The second kappa shape index (κ2) is 5.58. The van der Waals surface area contributed by atoms with E-state index in [0.717, 1.165) is 24.3 Å². The number of hydrogen-bond acceptors (Lipinski definition) is 3. The Morgan fingerprint density at radius 3 is 2.00 bits per heavy atom. The van der Waals surface area contributed by atoms with Crippen LogP contribution in [0.3, 0.4) is 0 Å². The van der Waals surface area contributed by atoms with E-state index in [2.05, 4.69) is 0 Å². The first kappa shape index (κ1) is 16.3. The first-order valence-corrected chi connectivity index (χ1v) is 7.87. The fourth-order valence-corrected chi connectivity index (χ4v) is 3.88. The predicted molar refractivity (Wildman–Crippen MR) is 70.2 cm³/mol. The molecule has 2 rings (SSSR count). The molecule has 0 N–H and O–H groups in total. The van der Waals surface area contributed by atoms with Crippen molar-refractivity contribution in [3.05, 3.63) is 29.8 Å². The van der Waals surface area contributed by atoms with Crippen LogP contribution in [-0.4, -0.2) is 38.0 Å². The molecule has 0 aromatic heterocycles. The van der Waals surface area contributed by atoms with Gasteiger partial charge >= 0.3 is 6.18 Å². The number of hydrogen-bond donors (Lipinski definition) is 0. The zero-order valence-electron chi connectivity index (χ0n) is 11.6. The van der Waals surface area contributed by atoms with E-state index in [4.69, 9.17) is 4.74 Å². The Hall–Kier alpha value is -1.12. The normalized spacial score (nSPS) is 25.0. The van der Waals surface area contributed by atoms with Crippen LogP contribution in [0.2, 0.25) is 0 Å². The van der Waals surface area contributed by atoms with Crippen LogP contribution < -0.4 is 0 Å². The standard InChI is InChI=1S/C13H16F3NO3S/c1-9-7-17(8-10(2)20-9)21(18,19)12-5-3-11(4-6-12)13(14,15)16/h3-6,9-10H,7-8H2,1-2H3/t9-,10+. The second-order valence-electron chi connectivity index (χ2n) is 5.10. The Morgan fingerprint density at radius 1 is 1.10 bits per heavy atom. The van der Waals surface area contributed by atoms with Gasteiger partial charge in [-0.1, -0.05) is 0 Å². The molecule has 0 amide bonds. The summed E-state index contributed by atoms with van der Waals surface area (Å²) in [5.74, 6) is 0. The summed E-state index contributed by atoms with van der Waals surface area (Å²) in [5.41, 5.74) is -0.870. The summed E-state index contributed by atoms with van der Waals surface area (Å²) in [6, 6.07) is 3.53. The summed E-state index contributed by atoms with van der Waals surface area (Å²) in [5, 5.41) is 0. The minimum Gasteiger partial charge on any atom is -0.373 e. The quantitative estimate of drug-likeness (QED) is 0.840. The zero-order valence-corrected chi connectivity index (χ0v) is 12.4. The van der Waals surface area contributed by atoms with Gasteiger partial charge in [0.05, 0.1) is 22.7 Å². The third-order valence-corrected chi connectivity index (χ3v) is 5.05. The summed E-state index contributed by atoms with van der Waals surface area (Å²) in [7, 11) is -3.80. The highest BCUT2D eigenvalue weighted by atomic mass is 32.2. The Morgan fingerprint density at radius 2 is 1.57 bits per heavy atom. The number of rotatable bonds is 2. The molecule has 21 heavy (non-hydrogen) atoms. The van der Waals surface area contributed by atoms with Gasteiger partial charge in [-0.2, -0.15) is 17.5 Å². The van der Waals surface area contributed by atoms with Gasteiger partial charge in [-0.05, 0) is 38.1 Å². The van der Waals surface area contributed by atoms with Gasteiger partial charge in [-0.25, -0.2) is 8.42 Å². The largest absolute Gasteiger partial charge is 0.416 e. The summed E-state index contributed by atoms with van der Waals surface area (Å²) in [6.45, 7) is 3.89. The topological polar surface area (TPSA) is 46.6 Å². The molecule has 0 spiro atoms. The van der Waals surface area contributed by atoms with Gasteiger partial charge in [0.15, 0.2) is 0 Å². The maximum Gasteiger partial charge on any atom is 0.416 e.